The van der Waals surface area contributed by atoms with E-state index in [-0.39, 0.29) is 12.1 Å². The summed E-state index contributed by atoms with van der Waals surface area (Å²) in [6.45, 7) is 8.49. The molecule has 6 heteroatoms. The van der Waals surface area contributed by atoms with E-state index in [0.717, 1.165) is 10.5 Å². The molecule has 0 aromatic heterocycles. The Bertz CT molecular complexity index is 697. The number of benzene rings is 1. The van der Waals surface area contributed by atoms with Gasteiger partial charge in [-0.15, -0.1) is 0 Å². The van der Waals surface area contributed by atoms with Gasteiger partial charge in [-0.3, -0.25) is 19.1 Å². The standard InChI is InChI=1S/C16H22NO4P/c1-6-22(20,21)16(5,10(2)3)17-14(18)12-8-7-11(4)9-13(12)15(17)19/h7-10H,6H2,1-5H3,(H,20,21). The first-order valence-electron chi connectivity index (χ1n) is 7.39. The summed E-state index contributed by atoms with van der Waals surface area (Å²) in [5.41, 5.74) is 1.49. The topological polar surface area (TPSA) is 74.7 Å². The molecule has 0 radical (unpaired) electrons. The molecule has 2 amide bonds. The van der Waals surface area contributed by atoms with Gasteiger partial charge in [-0.2, -0.15) is 0 Å². The summed E-state index contributed by atoms with van der Waals surface area (Å²) in [6, 6.07) is 5.03. The monoisotopic (exact) mass is 323 g/mol. The van der Waals surface area contributed by atoms with E-state index in [1.807, 2.05) is 6.92 Å². The van der Waals surface area contributed by atoms with E-state index in [1.54, 1.807) is 39.0 Å². The molecule has 0 aliphatic carbocycles. The minimum atomic E-state index is -3.73. The van der Waals surface area contributed by atoms with Crippen LogP contribution in [0.2, 0.25) is 0 Å². The fourth-order valence-corrected chi connectivity index (χ4v) is 4.85. The highest BCUT2D eigenvalue weighted by atomic mass is 31.2. The number of imide groups is 1. The summed E-state index contributed by atoms with van der Waals surface area (Å²) >= 11 is 0. The van der Waals surface area contributed by atoms with Gasteiger partial charge in [-0.25, -0.2) is 0 Å². The van der Waals surface area contributed by atoms with Gasteiger partial charge in [0.1, 0.15) is 5.28 Å². The van der Waals surface area contributed by atoms with E-state index in [1.165, 1.54) is 6.92 Å². The number of aryl methyl sites for hydroxylation is 1. The van der Waals surface area contributed by atoms with E-state index in [0.29, 0.717) is 11.1 Å². The largest absolute Gasteiger partial charge is 0.343 e. The van der Waals surface area contributed by atoms with Crippen LogP contribution < -0.4 is 0 Å². The fraction of sp³-hybridized carbons (Fsp3) is 0.500. The third-order valence-corrected chi connectivity index (χ3v) is 7.71. The Morgan fingerprint density at radius 3 is 2.27 bits per heavy atom. The molecule has 1 aromatic rings. The van der Waals surface area contributed by atoms with E-state index < -0.39 is 24.5 Å². The predicted molar refractivity (Wildman–Crippen MR) is 85.3 cm³/mol. The summed E-state index contributed by atoms with van der Waals surface area (Å²) in [6.07, 6.45) is 0.00805. The highest BCUT2D eigenvalue weighted by molar-refractivity contribution is 7.59. The van der Waals surface area contributed by atoms with Gasteiger partial charge in [-0.05, 0) is 31.9 Å². The maximum absolute atomic E-state index is 12.8. The van der Waals surface area contributed by atoms with Crippen LogP contribution >= 0.6 is 7.37 Å². The van der Waals surface area contributed by atoms with Crippen LogP contribution in [0.15, 0.2) is 18.2 Å². The number of amides is 2. The molecule has 0 bridgehead atoms. The van der Waals surface area contributed by atoms with Gasteiger partial charge in [0.15, 0.2) is 0 Å². The molecule has 1 aliphatic heterocycles. The van der Waals surface area contributed by atoms with Crippen molar-refractivity contribution in [1.82, 2.24) is 4.90 Å². The van der Waals surface area contributed by atoms with Crippen molar-refractivity contribution in [3.05, 3.63) is 34.9 Å². The molecule has 1 aromatic carbocycles. The minimum Gasteiger partial charge on any atom is -0.343 e. The van der Waals surface area contributed by atoms with Crippen LogP contribution in [0, 0.1) is 12.8 Å². The van der Waals surface area contributed by atoms with Crippen LogP contribution in [0.1, 0.15) is 54.0 Å². The number of hydrogen-bond donors (Lipinski definition) is 1. The quantitative estimate of drug-likeness (QED) is 0.682. The molecule has 1 N–H and O–H groups in total. The number of carbonyl (C=O) groups excluding carboxylic acids is 2. The van der Waals surface area contributed by atoms with Crippen LogP contribution in [0.4, 0.5) is 0 Å². The lowest BCUT2D eigenvalue weighted by Gasteiger charge is -2.43. The van der Waals surface area contributed by atoms with Gasteiger partial charge in [0, 0.05) is 6.16 Å². The molecule has 2 unspecified atom stereocenters. The van der Waals surface area contributed by atoms with Gasteiger partial charge >= 0.3 is 0 Å². The average molecular weight is 323 g/mol. The molecule has 2 atom stereocenters. The minimum absolute atomic E-state index is 0.00805. The lowest BCUT2D eigenvalue weighted by Crippen LogP contribution is -2.53. The van der Waals surface area contributed by atoms with Crippen LogP contribution in [-0.2, 0) is 4.57 Å². The summed E-state index contributed by atoms with van der Waals surface area (Å²) in [5, 5.41) is -1.41. The van der Waals surface area contributed by atoms with E-state index in [2.05, 4.69) is 0 Å². The maximum Gasteiger partial charge on any atom is 0.262 e. The van der Waals surface area contributed by atoms with Crippen LogP contribution in [-0.4, -0.2) is 33.0 Å². The summed E-state index contributed by atoms with van der Waals surface area (Å²) in [5.74, 6) is -1.31. The average Bonchev–Trinajstić information content (AvgIpc) is 2.69. The van der Waals surface area contributed by atoms with Crippen molar-refractivity contribution >= 4 is 19.2 Å². The molecule has 1 heterocycles. The zero-order chi connectivity index (χ0) is 16.9. The van der Waals surface area contributed by atoms with Gasteiger partial charge in [0.2, 0.25) is 7.37 Å². The molecule has 0 spiro atoms. The second-order valence-corrected chi connectivity index (χ2v) is 9.20. The highest BCUT2D eigenvalue weighted by Crippen LogP contribution is 2.60. The van der Waals surface area contributed by atoms with Crippen molar-refractivity contribution in [1.29, 1.82) is 0 Å². The molecule has 22 heavy (non-hydrogen) atoms. The van der Waals surface area contributed by atoms with E-state index in [9.17, 15) is 19.0 Å². The summed E-state index contributed by atoms with van der Waals surface area (Å²) in [4.78, 5) is 36.9. The maximum atomic E-state index is 12.8. The molecule has 0 saturated heterocycles. The second kappa shape index (κ2) is 5.32. The van der Waals surface area contributed by atoms with Crippen LogP contribution in [0.25, 0.3) is 0 Å². The number of nitrogens with zero attached hydrogens (tertiary/aromatic N) is 1. The molecule has 0 saturated carbocycles. The van der Waals surface area contributed by atoms with Crippen LogP contribution in [0.3, 0.4) is 0 Å². The predicted octanol–water partition coefficient (Wildman–Crippen LogP) is 3.25. The fourth-order valence-electron chi connectivity index (χ4n) is 2.90. The third kappa shape index (κ3) is 2.15. The molecule has 1 aliphatic rings. The van der Waals surface area contributed by atoms with E-state index >= 15 is 0 Å². The summed E-state index contributed by atoms with van der Waals surface area (Å²) < 4.78 is 12.8. The zero-order valence-corrected chi connectivity index (χ0v) is 14.5. The second-order valence-electron chi connectivity index (χ2n) is 6.26. The third-order valence-electron chi connectivity index (χ3n) is 4.72. The Kier molecular flexibility index (Phi) is 4.09. The van der Waals surface area contributed by atoms with Gasteiger partial charge in [-0.1, -0.05) is 32.4 Å². The molecule has 2 rings (SSSR count). The smallest absolute Gasteiger partial charge is 0.262 e. The number of carbonyl (C=O) groups is 2. The first kappa shape index (κ1) is 16.9. The van der Waals surface area contributed by atoms with Gasteiger partial charge in [0.25, 0.3) is 11.8 Å². The van der Waals surface area contributed by atoms with Crippen molar-refractivity contribution in [3.63, 3.8) is 0 Å². The lowest BCUT2D eigenvalue weighted by atomic mass is 10.0. The Morgan fingerprint density at radius 1 is 1.23 bits per heavy atom. The number of fused-ring (bicyclic) bond motifs is 1. The Hall–Kier alpha value is -1.45. The Labute approximate surface area is 130 Å². The van der Waals surface area contributed by atoms with Crippen LogP contribution in [0.5, 0.6) is 0 Å². The van der Waals surface area contributed by atoms with Crippen molar-refractivity contribution < 1.29 is 19.0 Å². The van der Waals surface area contributed by atoms with Gasteiger partial charge < -0.3 is 4.89 Å². The van der Waals surface area contributed by atoms with Crippen molar-refractivity contribution in [2.24, 2.45) is 5.92 Å². The zero-order valence-electron chi connectivity index (χ0n) is 13.6. The molecular weight excluding hydrogens is 301 g/mol. The molecular formula is C16H22NO4P. The van der Waals surface area contributed by atoms with Crippen molar-refractivity contribution in [2.45, 2.75) is 39.9 Å². The lowest BCUT2D eigenvalue weighted by molar-refractivity contribution is 0.0482. The first-order valence-corrected chi connectivity index (χ1v) is 9.23. The van der Waals surface area contributed by atoms with E-state index in [4.69, 9.17) is 0 Å². The van der Waals surface area contributed by atoms with Crippen molar-refractivity contribution in [2.75, 3.05) is 6.16 Å². The molecule has 120 valence electrons. The Balaban J connectivity index is 2.65. The normalized spacial score (nSPS) is 20.0. The van der Waals surface area contributed by atoms with Crippen molar-refractivity contribution in [3.8, 4) is 0 Å². The first-order chi connectivity index (χ1) is 10.1. The Morgan fingerprint density at radius 2 is 1.77 bits per heavy atom. The van der Waals surface area contributed by atoms with Gasteiger partial charge in [0.05, 0.1) is 11.1 Å². The highest BCUT2D eigenvalue weighted by Gasteiger charge is 2.56. The molecule has 0 fully saturated rings. The number of hydrogen-bond acceptors (Lipinski definition) is 3. The molecule has 5 nitrogen and oxygen atoms in total. The SMILES string of the molecule is CCP(=O)(O)C(C)(C(C)C)N1C(=O)c2ccc(C)cc2C1=O. The summed E-state index contributed by atoms with van der Waals surface area (Å²) in [7, 11) is -3.73. The number of rotatable bonds is 4.